The molecule has 0 amide bonds. The summed E-state index contributed by atoms with van der Waals surface area (Å²) in [6, 6.07) is 7.12. The van der Waals surface area contributed by atoms with E-state index in [2.05, 4.69) is 0 Å². The normalized spacial score (nSPS) is 10.3. The Morgan fingerprint density at radius 3 is 2.32 bits per heavy atom. The number of benzene rings is 2. The molecule has 6 heteroatoms. The molecule has 0 aliphatic rings. The van der Waals surface area contributed by atoms with Crippen molar-refractivity contribution >= 4 is 11.8 Å². The van der Waals surface area contributed by atoms with Gasteiger partial charge in [0.2, 0.25) is 0 Å². The monoisotopic (exact) mass is 306 g/mol. The van der Waals surface area contributed by atoms with Crippen molar-refractivity contribution in [2.45, 2.75) is 6.42 Å². The highest BCUT2D eigenvalue weighted by molar-refractivity contribution is 6.09. The van der Waals surface area contributed by atoms with Gasteiger partial charge in [0.25, 0.3) is 0 Å². The van der Waals surface area contributed by atoms with E-state index in [1.165, 1.54) is 25.3 Å². The topological polar surface area (TPSA) is 63.6 Å². The standard InChI is InChI=1S/C16H12F2O4/c1-22-13-6-5-9(7-10(13)8-14(19)20)16(21)15-11(17)3-2-4-12(15)18/h2-7H,8H2,1H3,(H,19,20). The summed E-state index contributed by atoms with van der Waals surface area (Å²) in [5.74, 6) is -3.63. The van der Waals surface area contributed by atoms with Crippen LogP contribution in [0.1, 0.15) is 21.5 Å². The van der Waals surface area contributed by atoms with Crippen molar-refractivity contribution in [2.75, 3.05) is 7.11 Å². The van der Waals surface area contributed by atoms with Crippen LogP contribution in [0, 0.1) is 11.6 Å². The molecule has 2 rings (SSSR count). The summed E-state index contributed by atoms with van der Waals surface area (Å²) in [6.07, 6.45) is -0.371. The summed E-state index contributed by atoms with van der Waals surface area (Å²) in [6.45, 7) is 0. The maximum Gasteiger partial charge on any atom is 0.307 e. The summed E-state index contributed by atoms with van der Waals surface area (Å²) in [5.41, 5.74) is -0.437. The first-order valence-electron chi connectivity index (χ1n) is 6.31. The summed E-state index contributed by atoms with van der Waals surface area (Å²) >= 11 is 0. The second-order valence-corrected chi connectivity index (χ2v) is 4.52. The van der Waals surface area contributed by atoms with Crippen LogP contribution in [0.2, 0.25) is 0 Å². The number of carboxylic acid groups (broad SMARTS) is 1. The fourth-order valence-electron chi connectivity index (χ4n) is 2.08. The predicted molar refractivity (Wildman–Crippen MR) is 74.1 cm³/mol. The number of aliphatic carboxylic acids is 1. The predicted octanol–water partition coefficient (Wildman–Crippen LogP) is 2.83. The zero-order valence-corrected chi connectivity index (χ0v) is 11.6. The Hall–Kier alpha value is -2.76. The quantitative estimate of drug-likeness (QED) is 0.863. The summed E-state index contributed by atoms with van der Waals surface area (Å²) < 4.78 is 32.3. The number of carboxylic acids is 1. The second-order valence-electron chi connectivity index (χ2n) is 4.52. The number of hydrogen-bond donors (Lipinski definition) is 1. The van der Waals surface area contributed by atoms with E-state index in [9.17, 15) is 18.4 Å². The van der Waals surface area contributed by atoms with Gasteiger partial charge in [-0.3, -0.25) is 9.59 Å². The molecule has 0 aliphatic heterocycles. The molecular formula is C16H12F2O4. The Morgan fingerprint density at radius 2 is 1.77 bits per heavy atom. The van der Waals surface area contributed by atoms with Gasteiger partial charge in [0.15, 0.2) is 5.78 Å². The fourth-order valence-corrected chi connectivity index (χ4v) is 2.08. The third kappa shape index (κ3) is 3.11. The van der Waals surface area contributed by atoms with Gasteiger partial charge in [-0.05, 0) is 30.3 Å². The lowest BCUT2D eigenvalue weighted by atomic mass is 9.99. The number of hydrogen-bond acceptors (Lipinski definition) is 3. The van der Waals surface area contributed by atoms with Crippen LogP contribution in [-0.4, -0.2) is 24.0 Å². The molecule has 2 aromatic carbocycles. The first kappa shape index (κ1) is 15.6. The van der Waals surface area contributed by atoms with Crippen molar-refractivity contribution in [2.24, 2.45) is 0 Å². The largest absolute Gasteiger partial charge is 0.496 e. The van der Waals surface area contributed by atoms with Crippen LogP contribution in [0.3, 0.4) is 0 Å². The van der Waals surface area contributed by atoms with Gasteiger partial charge in [0.05, 0.1) is 19.1 Å². The van der Waals surface area contributed by atoms with E-state index in [0.29, 0.717) is 0 Å². The smallest absolute Gasteiger partial charge is 0.307 e. The first-order chi connectivity index (χ1) is 10.4. The first-order valence-corrected chi connectivity index (χ1v) is 6.31. The molecular weight excluding hydrogens is 294 g/mol. The molecule has 0 saturated heterocycles. The van der Waals surface area contributed by atoms with Crippen molar-refractivity contribution in [1.29, 1.82) is 0 Å². The third-order valence-corrected chi connectivity index (χ3v) is 3.07. The zero-order chi connectivity index (χ0) is 16.3. The molecule has 0 spiro atoms. The molecule has 22 heavy (non-hydrogen) atoms. The molecule has 1 N–H and O–H groups in total. The number of carbonyl (C=O) groups excluding carboxylic acids is 1. The minimum Gasteiger partial charge on any atom is -0.496 e. The average molecular weight is 306 g/mol. The summed E-state index contributed by atoms with van der Waals surface area (Å²) in [5, 5.41) is 8.86. The molecule has 0 bridgehead atoms. The van der Waals surface area contributed by atoms with Gasteiger partial charge >= 0.3 is 5.97 Å². The van der Waals surface area contributed by atoms with Crippen LogP contribution >= 0.6 is 0 Å². The molecule has 4 nitrogen and oxygen atoms in total. The van der Waals surface area contributed by atoms with Crippen molar-refractivity contribution in [1.82, 2.24) is 0 Å². The number of ether oxygens (including phenoxy) is 1. The van der Waals surface area contributed by atoms with Gasteiger partial charge in [-0.15, -0.1) is 0 Å². The van der Waals surface area contributed by atoms with Crippen LogP contribution in [0.15, 0.2) is 36.4 Å². The highest BCUT2D eigenvalue weighted by Gasteiger charge is 2.20. The molecule has 0 aromatic heterocycles. The molecule has 0 aliphatic carbocycles. The second kappa shape index (κ2) is 6.34. The Bertz CT molecular complexity index is 721. The maximum atomic E-state index is 13.7. The minimum absolute atomic E-state index is 0.0129. The van der Waals surface area contributed by atoms with Gasteiger partial charge in [0.1, 0.15) is 17.4 Å². The highest BCUT2D eigenvalue weighted by Crippen LogP contribution is 2.24. The Labute approximate surface area is 125 Å². The van der Waals surface area contributed by atoms with Crippen molar-refractivity contribution < 1.29 is 28.2 Å². The van der Waals surface area contributed by atoms with E-state index in [1.807, 2.05) is 0 Å². The van der Waals surface area contributed by atoms with Crippen molar-refractivity contribution in [3.63, 3.8) is 0 Å². The maximum absolute atomic E-state index is 13.7. The van der Waals surface area contributed by atoms with Crippen LogP contribution < -0.4 is 4.74 Å². The van der Waals surface area contributed by atoms with E-state index >= 15 is 0 Å². The molecule has 2 aromatic rings. The van der Waals surface area contributed by atoms with Gasteiger partial charge in [-0.25, -0.2) is 8.78 Å². The van der Waals surface area contributed by atoms with Crippen LogP contribution in [0.4, 0.5) is 8.78 Å². The van der Waals surface area contributed by atoms with Crippen molar-refractivity contribution in [3.8, 4) is 5.75 Å². The number of carbonyl (C=O) groups is 2. The highest BCUT2D eigenvalue weighted by atomic mass is 19.1. The van der Waals surface area contributed by atoms with Crippen molar-refractivity contribution in [3.05, 3.63) is 64.7 Å². The van der Waals surface area contributed by atoms with Gasteiger partial charge in [0, 0.05) is 11.1 Å². The molecule has 114 valence electrons. The Morgan fingerprint density at radius 1 is 1.14 bits per heavy atom. The number of methoxy groups -OCH3 is 1. The lowest BCUT2D eigenvalue weighted by Gasteiger charge is -2.09. The zero-order valence-electron chi connectivity index (χ0n) is 11.6. The SMILES string of the molecule is COc1ccc(C(=O)c2c(F)cccc2F)cc1CC(=O)O. The van der Waals surface area contributed by atoms with E-state index in [0.717, 1.165) is 18.2 Å². The molecule has 0 saturated carbocycles. The fraction of sp³-hybridized carbons (Fsp3) is 0.125. The van der Waals surface area contributed by atoms with Gasteiger partial charge in [-0.2, -0.15) is 0 Å². The lowest BCUT2D eigenvalue weighted by Crippen LogP contribution is -2.09. The Balaban J connectivity index is 2.48. The molecule has 0 atom stereocenters. The molecule has 0 fully saturated rings. The van der Waals surface area contributed by atoms with E-state index in [1.54, 1.807) is 0 Å². The molecule has 0 radical (unpaired) electrons. The summed E-state index contributed by atoms with van der Waals surface area (Å²) in [7, 11) is 1.36. The molecule has 0 heterocycles. The van der Waals surface area contributed by atoms with Crippen LogP contribution in [0.5, 0.6) is 5.75 Å². The molecule has 0 unspecified atom stereocenters. The van der Waals surface area contributed by atoms with E-state index in [4.69, 9.17) is 9.84 Å². The van der Waals surface area contributed by atoms with Crippen LogP contribution in [-0.2, 0) is 11.2 Å². The van der Waals surface area contributed by atoms with E-state index < -0.39 is 29.0 Å². The van der Waals surface area contributed by atoms with Gasteiger partial charge in [-0.1, -0.05) is 6.07 Å². The number of ketones is 1. The minimum atomic E-state index is -1.11. The third-order valence-electron chi connectivity index (χ3n) is 3.07. The lowest BCUT2D eigenvalue weighted by molar-refractivity contribution is -0.136. The Kier molecular flexibility index (Phi) is 4.50. The number of rotatable bonds is 5. The van der Waals surface area contributed by atoms with Gasteiger partial charge < -0.3 is 9.84 Å². The van der Waals surface area contributed by atoms with E-state index in [-0.39, 0.29) is 23.3 Å². The van der Waals surface area contributed by atoms with Crippen LogP contribution in [0.25, 0.3) is 0 Å². The number of halogens is 2. The summed E-state index contributed by atoms with van der Waals surface area (Å²) in [4.78, 5) is 23.1. The average Bonchev–Trinajstić information content (AvgIpc) is 2.46.